The Morgan fingerprint density at radius 1 is 1.06 bits per heavy atom. The molecule has 3 aromatic rings. The van der Waals surface area contributed by atoms with Gasteiger partial charge in [-0.2, -0.15) is 0 Å². The molecule has 3 aromatic heterocycles. The molecular formula is C12H11N3O. The molecule has 16 heavy (non-hydrogen) atoms. The molecule has 3 rings (SSSR count). The highest BCUT2D eigenvalue weighted by molar-refractivity contribution is 5.31. The van der Waals surface area contributed by atoms with Crippen LogP contribution in [-0.4, -0.2) is 15.0 Å². The summed E-state index contributed by atoms with van der Waals surface area (Å²) in [6.07, 6.45) is 7.00. The standard InChI is InChI=1S/C12H11N3O/c1-3-9(14-5-1)12(10-4-2-6-15-10)11-7-13-8-16-11/h1-8,12,14-15H. The summed E-state index contributed by atoms with van der Waals surface area (Å²) in [5, 5.41) is 0. The molecule has 0 unspecified atom stereocenters. The Balaban J connectivity index is 2.09. The van der Waals surface area contributed by atoms with E-state index in [0.29, 0.717) is 0 Å². The fourth-order valence-corrected chi connectivity index (χ4v) is 1.89. The third kappa shape index (κ3) is 1.44. The van der Waals surface area contributed by atoms with Gasteiger partial charge in [-0.25, -0.2) is 4.98 Å². The van der Waals surface area contributed by atoms with E-state index in [1.807, 2.05) is 36.7 Å². The number of nitrogens with zero attached hydrogens (tertiary/aromatic N) is 1. The number of hydrogen-bond donors (Lipinski definition) is 2. The van der Waals surface area contributed by atoms with E-state index < -0.39 is 0 Å². The fraction of sp³-hybridized carbons (Fsp3) is 0.0833. The Hall–Kier alpha value is -2.23. The number of aromatic nitrogens is 3. The smallest absolute Gasteiger partial charge is 0.180 e. The molecule has 0 atom stereocenters. The summed E-state index contributed by atoms with van der Waals surface area (Å²) >= 11 is 0. The first-order valence-corrected chi connectivity index (χ1v) is 5.10. The van der Waals surface area contributed by atoms with Crippen molar-refractivity contribution < 1.29 is 4.42 Å². The van der Waals surface area contributed by atoms with Crippen LogP contribution in [0, 0.1) is 0 Å². The van der Waals surface area contributed by atoms with Crippen LogP contribution in [-0.2, 0) is 0 Å². The van der Waals surface area contributed by atoms with Gasteiger partial charge < -0.3 is 14.4 Å². The lowest BCUT2D eigenvalue weighted by Gasteiger charge is -2.10. The third-order valence-corrected chi connectivity index (χ3v) is 2.60. The topological polar surface area (TPSA) is 57.6 Å². The van der Waals surface area contributed by atoms with Gasteiger partial charge in [-0.1, -0.05) is 0 Å². The normalized spacial score (nSPS) is 11.1. The van der Waals surface area contributed by atoms with Gasteiger partial charge in [-0.3, -0.25) is 0 Å². The molecule has 0 aliphatic rings. The van der Waals surface area contributed by atoms with Gasteiger partial charge in [-0.15, -0.1) is 0 Å². The number of hydrogen-bond acceptors (Lipinski definition) is 2. The van der Waals surface area contributed by atoms with E-state index in [2.05, 4.69) is 15.0 Å². The minimum absolute atomic E-state index is 0.0486. The lowest BCUT2D eigenvalue weighted by atomic mass is 9.99. The van der Waals surface area contributed by atoms with Gasteiger partial charge in [0.25, 0.3) is 0 Å². The average Bonchev–Trinajstić information content (AvgIpc) is 3.02. The van der Waals surface area contributed by atoms with Crippen LogP contribution in [0.4, 0.5) is 0 Å². The first kappa shape index (κ1) is 9.03. The SMILES string of the molecule is c1c[nH]c(C(c2ccc[nH]2)c2cnco2)c1. The van der Waals surface area contributed by atoms with Gasteiger partial charge >= 0.3 is 0 Å². The van der Waals surface area contributed by atoms with Gasteiger partial charge in [0, 0.05) is 23.8 Å². The van der Waals surface area contributed by atoms with Crippen LogP contribution in [0.1, 0.15) is 23.1 Å². The molecule has 0 bridgehead atoms. The summed E-state index contributed by atoms with van der Waals surface area (Å²) in [6.45, 7) is 0. The van der Waals surface area contributed by atoms with Gasteiger partial charge in [0.15, 0.2) is 6.39 Å². The number of aromatic amines is 2. The van der Waals surface area contributed by atoms with Crippen molar-refractivity contribution in [2.75, 3.05) is 0 Å². The zero-order chi connectivity index (χ0) is 10.8. The molecule has 0 radical (unpaired) electrons. The number of nitrogens with one attached hydrogen (secondary N) is 2. The Kier molecular flexibility index (Phi) is 2.11. The van der Waals surface area contributed by atoms with Crippen LogP contribution >= 0.6 is 0 Å². The highest BCUT2D eigenvalue weighted by Gasteiger charge is 2.21. The van der Waals surface area contributed by atoms with E-state index >= 15 is 0 Å². The van der Waals surface area contributed by atoms with Crippen LogP contribution in [0.15, 0.2) is 53.7 Å². The van der Waals surface area contributed by atoms with Gasteiger partial charge in [0.2, 0.25) is 0 Å². The molecule has 2 N–H and O–H groups in total. The predicted molar refractivity (Wildman–Crippen MR) is 59.0 cm³/mol. The highest BCUT2D eigenvalue weighted by Crippen LogP contribution is 2.29. The summed E-state index contributed by atoms with van der Waals surface area (Å²) < 4.78 is 5.39. The minimum atomic E-state index is 0.0486. The van der Waals surface area contributed by atoms with Gasteiger partial charge in [-0.05, 0) is 24.3 Å². The first-order valence-electron chi connectivity index (χ1n) is 5.10. The molecule has 0 aliphatic heterocycles. The zero-order valence-corrected chi connectivity index (χ0v) is 8.55. The van der Waals surface area contributed by atoms with Crippen LogP contribution < -0.4 is 0 Å². The van der Waals surface area contributed by atoms with Gasteiger partial charge in [0.05, 0.1) is 12.1 Å². The average molecular weight is 213 g/mol. The van der Waals surface area contributed by atoms with Crippen molar-refractivity contribution in [3.63, 3.8) is 0 Å². The van der Waals surface area contributed by atoms with Crippen molar-refractivity contribution in [3.8, 4) is 0 Å². The van der Waals surface area contributed by atoms with Crippen molar-refractivity contribution in [3.05, 3.63) is 66.4 Å². The van der Waals surface area contributed by atoms with E-state index in [9.17, 15) is 0 Å². The van der Waals surface area contributed by atoms with E-state index in [1.165, 1.54) is 6.39 Å². The zero-order valence-electron chi connectivity index (χ0n) is 8.55. The lowest BCUT2D eigenvalue weighted by Crippen LogP contribution is -2.02. The molecule has 0 saturated carbocycles. The van der Waals surface area contributed by atoms with Crippen molar-refractivity contribution in [1.82, 2.24) is 15.0 Å². The molecule has 3 heterocycles. The number of rotatable bonds is 3. The van der Waals surface area contributed by atoms with E-state index in [1.54, 1.807) is 6.20 Å². The third-order valence-electron chi connectivity index (χ3n) is 2.60. The summed E-state index contributed by atoms with van der Waals surface area (Å²) in [6, 6.07) is 8.02. The number of H-pyrrole nitrogens is 2. The van der Waals surface area contributed by atoms with Crippen LogP contribution in [0.2, 0.25) is 0 Å². The van der Waals surface area contributed by atoms with Crippen molar-refractivity contribution in [2.24, 2.45) is 0 Å². The quantitative estimate of drug-likeness (QED) is 0.702. The Bertz CT molecular complexity index is 441. The summed E-state index contributed by atoms with van der Waals surface area (Å²) in [5.41, 5.74) is 2.17. The molecule has 0 saturated heterocycles. The molecule has 0 aliphatic carbocycles. The van der Waals surface area contributed by atoms with Crippen LogP contribution in [0.3, 0.4) is 0 Å². The second kappa shape index (κ2) is 3.73. The monoisotopic (exact) mass is 213 g/mol. The Labute approximate surface area is 92.3 Å². The molecular weight excluding hydrogens is 202 g/mol. The molecule has 4 nitrogen and oxygen atoms in total. The summed E-state index contributed by atoms with van der Waals surface area (Å²) in [7, 11) is 0. The fourth-order valence-electron chi connectivity index (χ4n) is 1.89. The van der Waals surface area contributed by atoms with E-state index in [-0.39, 0.29) is 5.92 Å². The number of oxazole rings is 1. The van der Waals surface area contributed by atoms with Crippen molar-refractivity contribution in [2.45, 2.75) is 5.92 Å². The molecule has 4 heteroatoms. The maximum absolute atomic E-state index is 5.39. The Morgan fingerprint density at radius 3 is 2.19 bits per heavy atom. The lowest BCUT2D eigenvalue weighted by molar-refractivity contribution is 0.494. The van der Waals surface area contributed by atoms with Crippen molar-refractivity contribution >= 4 is 0 Å². The van der Waals surface area contributed by atoms with Crippen molar-refractivity contribution in [1.29, 1.82) is 0 Å². The summed E-state index contributed by atoms with van der Waals surface area (Å²) in [4.78, 5) is 10.4. The highest BCUT2D eigenvalue weighted by atomic mass is 16.3. The van der Waals surface area contributed by atoms with Crippen LogP contribution in [0.5, 0.6) is 0 Å². The molecule has 0 aromatic carbocycles. The Morgan fingerprint density at radius 2 is 1.75 bits per heavy atom. The second-order valence-corrected chi connectivity index (χ2v) is 3.59. The van der Waals surface area contributed by atoms with Crippen LogP contribution in [0.25, 0.3) is 0 Å². The molecule has 0 spiro atoms. The molecule has 80 valence electrons. The molecule has 0 amide bonds. The van der Waals surface area contributed by atoms with E-state index in [0.717, 1.165) is 17.1 Å². The summed E-state index contributed by atoms with van der Waals surface area (Å²) in [5.74, 6) is 0.873. The minimum Gasteiger partial charge on any atom is -0.447 e. The van der Waals surface area contributed by atoms with E-state index in [4.69, 9.17) is 4.42 Å². The maximum Gasteiger partial charge on any atom is 0.180 e. The second-order valence-electron chi connectivity index (χ2n) is 3.59. The maximum atomic E-state index is 5.39. The predicted octanol–water partition coefficient (Wildman–Crippen LogP) is 2.51. The van der Waals surface area contributed by atoms with Gasteiger partial charge in [0.1, 0.15) is 5.76 Å². The first-order chi connectivity index (χ1) is 7.95. The molecule has 0 fully saturated rings. The largest absolute Gasteiger partial charge is 0.447 e.